The summed E-state index contributed by atoms with van der Waals surface area (Å²) in [6.45, 7) is 11.9. The van der Waals surface area contributed by atoms with Crippen molar-refractivity contribution >= 4 is 49.7 Å². The SMILES string of the molecule is CC1C=C(n2c3ccccc3c3c4ccccc4c4c(c32)N(C2=CC(C)CC(C3=C(C5=CC=CCC5C)N=C5C=CC(C)CC5N3)=C2)C2=CC=CCC24C)C=CC1. The summed E-state index contributed by atoms with van der Waals surface area (Å²) in [5.41, 5.74) is 15.2. The summed E-state index contributed by atoms with van der Waals surface area (Å²) in [5.74, 6) is 1.73. The molecule has 57 heavy (non-hydrogen) atoms. The first kappa shape index (κ1) is 34.6. The molecule has 11 rings (SSSR count). The summed E-state index contributed by atoms with van der Waals surface area (Å²) >= 11 is 0. The van der Waals surface area contributed by atoms with Gasteiger partial charge < -0.3 is 14.8 Å². The number of benzene rings is 3. The largest absolute Gasteiger partial charge is 0.375 e. The maximum Gasteiger partial charge on any atom is 0.0903 e. The molecule has 4 aromatic rings. The summed E-state index contributed by atoms with van der Waals surface area (Å²) in [6.07, 6.45) is 35.9. The quantitative estimate of drug-likeness (QED) is 0.226. The van der Waals surface area contributed by atoms with Crippen LogP contribution in [0.5, 0.6) is 0 Å². The lowest BCUT2D eigenvalue weighted by atomic mass is 9.74. The molecule has 3 aromatic carbocycles. The molecule has 0 radical (unpaired) electrons. The average Bonchev–Trinajstić information content (AvgIpc) is 3.71. The molecule has 3 heterocycles. The standard InChI is InChI=1S/C53H52N4/c1-32-15-14-17-37(28-32)56-45-22-11-10-21-42(45)47-40-19-8-9-20-41(40)48-52(51(47)56)57(46-23-12-13-26-53(46,48)5)38-29-34(3)27-36(31-38)49-50(39-18-7-6-16-35(39)4)54-43-25-24-33(2)30-44(43)55-49/h6-14,17-25,28-29,31-35,44,55H,15-16,26-27,30H2,1-5H3. The van der Waals surface area contributed by atoms with Gasteiger partial charge in [-0.05, 0) is 121 Å². The van der Waals surface area contributed by atoms with E-state index in [0.29, 0.717) is 23.7 Å². The topological polar surface area (TPSA) is 32.6 Å². The molecule has 4 nitrogen and oxygen atoms in total. The highest BCUT2D eigenvalue weighted by Gasteiger charge is 2.48. The summed E-state index contributed by atoms with van der Waals surface area (Å²) in [5, 5.41) is 9.48. The maximum absolute atomic E-state index is 5.53. The lowest BCUT2D eigenvalue weighted by Gasteiger charge is -2.37. The molecule has 0 spiro atoms. The van der Waals surface area contributed by atoms with E-state index in [0.717, 1.165) is 37.8 Å². The van der Waals surface area contributed by atoms with Gasteiger partial charge in [-0.25, -0.2) is 4.99 Å². The van der Waals surface area contributed by atoms with Gasteiger partial charge in [-0.2, -0.15) is 0 Å². The molecule has 6 atom stereocenters. The Morgan fingerprint density at radius 2 is 1.58 bits per heavy atom. The fraction of sp³-hybridized carbons (Fsp3) is 0.302. The number of allylic oxidation sites excluding steroid dienone is 16. The number of aliphatic imine (C=N–C) groups is 1. The Bertz CT molecular complexity index is 2780. The molecule has 0 bridgehead atoms. The van der Waals surface area contributed by atoms with Crippen LogP contribution in [0.25, 0.3) is 38.3 Å². The summed E-state index contributed by atoms with van der Waals surface area (Å²) in [7, 11) is 0. The minimum atomic E-state index is -0.204. The summed E-state index contributed by atoms with van der Waals surface area (Å²) in [4.78, 5) is 8.22. The van der Waals surface area contributed by atoms with Crippen LogP contribution in [0.1, 0.15) is 72.3 Å². The number of fused-ring (bicyclic) bond motifs is 11. The second-order valence-electron chi connectivity index (χ2n) is 18.1. The summed E-state index contributed by atoms with van der Waals surface area (Å²) < 4.78 is 2.60. The number of nitrogens with zero attached hydrogens (tertiary/aromatic N) is 3. The lowest BCUT2D eigenvalue weighted by molar-refractivity contribution is 0.534. The van der Waals surface area contributed by atoms with Gasteiger partial charge in [-0.3, -0.25) is 0 Å². The number of para-hydroxylation sites is 1. The zero-order valence-electron chi connectivity index (χ0n) is 33.9. The van der Waals surface area contributed by atoms with Crippen LogP contribution in [0, 0.1) is 23.7 Å². The van der Waals surface area contributed by atoms with Gasteiger partial charge in [0.1, 0.15) is 0 Å². The van der Waals surface area contributed by atoms with Gasteiger partial charge in [0.15, 0.2) is 0 Å². The van der Waals surface area contributed by atoms with E-state index in [4.69, 9.17) is 4.99 Å². The maximum atomic E-state index is 5.53. The number of aromatic nitrogens is 1. The van der Waals surface area contributed by atoms with Crippen molar-refractivity contribution < 1.29 is 0 Å². The van der Waals surface area contributed by atoms with E-state index >= 15 is 0 Å². The second kappa shape index (κ2) is 13.0. The van der Waals surface area contributed by atoms with Crippen molar-refractivity contribution in [3.05, 3.63) is 167 Å². The predicted octanol–water partition coefficient (Wildman–Crippen LogP) is 12.9. The van der Waals surface area contributed by atoms with Crippen molar-refractivity contribution in [3.8, 4) is 0 Å². The normalized spacial score (nSPS) is 29.1. The number of anilines is 1. The first-order chi connectivity index (χ1) is 27.8. The van der Waals surface area contributed by atoms with E-state index < -0.39 is 0 Å². The number of rotatable bonds is 4. The highest BCUT2D eigenvalue weighted by Crippen LogP contribution is 2.60. The molecule has 0 saturated carbocycles. The number of hydrogen-bond acceptors (Lipinski definition) is 3. The van der Waals surface area contributed by atoms with E-state index in [-0.39, 0.29) is 11.5 Å². The van der Waals surface area contributed by atoms with Gasteiger partial charge >= 0.3 is 0 Å². The van der Waals surface area contributed by atoms with Gasteiger partial charge in [0.05, 0.1) is 39.9 Å². The Balaban J connectivity index is 1.21. The van der Waals surface area contributed by atoms with Crippen molar-refractivity contribution in [2.45, 2.75) is 78.2 Å². The second-order valence-corrected chi connectivity index (χ2v) is 18.1. The third kappa shape index (κ3) is 5.22. The predicted molar refractivity (Wildman–Crippen MR) is 241 cm³/mol. The molecule has 5 aliphatic carbocycles. The van der Waals surface area contributed by atoms with Gasteiger partial charge in [-0.15, -0.1) is 0 Å². The van der Waals surface area contributed by atoms with Crippen molar-refractivity contribution in [1.82, 2.24) is 9.88 Å². The molecule has 0 saturated heterocycles. The van der Waals surface area contributed by atoms with Gasteiger partial charge in [0.2, 0.25) is 0 Å². The van der Waals surface area contributed by atoms with E-state index in [9.17, 15) is 0 Å². The molecule has 6 unspecified atom stereocenters. The first-order valence-electron chi connectivity index (χ1n) is 21.4. The van der Waals surface area contributed by atoms with Crippen molar-refractivity contribution in [3.63, 3.8) is 0 Å². The third-order valence-corrected chi connectivity index (χ3v) is 13.8. The Labute approximate surface area is 337 Å². The van der Waals surface area contributed by atoms with Crippen LogP contribution in [-0.4, -0.2) is 16.3 Å². The Kier molecular flexibility index (Phi) is 7.87. The van der Waals surface area contributed by atoms with Crippen LogP contribution < -0.4 is 10.2 Å². The van der Waals surface area contributed by atoms with E-state index in [1.165, 1.54) is 83.5 Å². The van der Waals surface area contributed by atoms with Crippen LogP contribution in [0.4, 0.5) is 5.69 Å². The zero-order chi connectivity index (χ0) is 38.6. The third-order valence-electron chi connectivity index (χ3n) is 13.8. The Hall–Kier alpha value is -5.61. The van der Waals surface area contributed by atoms with Crippen molar-refractivity contribution in [2.24, 2.45) is 28.7 Å². The number of hydrogen-bond donors (Lipinski definition) is 1. The highest BCUT2D eigenvalue weighted by atomic mass is 15.2. The van der Waals surface area contributed by atoms with E-state index in [1.807, 2.05) is 0 Å². The monoisotopic (exact) mass is 744 g/mol. The highest BCUT2D eigenvalue weighted by molar-refractivity contribution is 6.27. The molecule has 0 fully saturated rings. The van der Waals surface area contributed by atoms with Gasteiger partial charge in [0.25, 0.3) is 0 Å². The van der Waals surface area contributed by atoms with Gasteiger partial charge in [-0.1, -0.05) is 125 Å². The van der Waals surface area contributed by atoms with Crippen LogP contribution in [-0.2, 0) is 5.41 Å². The molecular formula is C53H52N4. The van der Waals surface area contributed by atoms with E-state index in [1.54, 1.807) is 0 Å². The van der Waals surface area contributed by atoms with Crippen molar-refractivity contribution in [1.29, 1.82) is 0 Å². The molecule has 1 N–H and O–H groups in total. The minimum absolute atomic E-state index is 0.204. The van der Waals surface area contributed by atoms with Crippen LogP contribution in [0.15, 0.2) is 166 Å². The van der Waals surface area contributed by atoms with Crippen LogP contribution >= 0.6 is 0 Å². The molecule has 4 heteroatoms. The summed E-state index contributed by atoms with van der Waals surface area (Å²) in [6, 6.07) is 18.5. The zero-order valence-corrected chi connectivity index (χ0v) is 33.9. The number of nitrogens with one attached hydrogen (secondary N) is 1. The average molecular weight is 745 g/mol. The fourth-order valence-corrected chi connectivity index (χ4v) is 11.0. The van der Waals surface area contributed by atoms with E-state index in [2.05, 4.69) is 177 Å². The first-order valence-corrected chi connectivity index (χ1v) is 21.4. The van der Waals surface area contributed by atoms with Crippen molar-refractivity contribution in [2.75, 3.05) is 4.90 Å². The minimum Gasteiger partial charge on any atom is -0.375 e. The Morgan fingerprint density at radius 1 is 0.789 bits per heavy atom. The molecular weight excluding hydrogens is 693 g/mol. The Morgan fingerprint density at radius 3 is 2.42 bits per heavy atom. The molecule has 284 valence electrons. The van der Waals surface area contributed by atoms with Crippen LogP contribution in [0.3, 0.4) is 0 Å². The molecule has 0 amide bonds. The molecule has 2 aliphatic heterocycles. The van der Waals surface area contributed by atoms with Crippen LogP contribution in [0.2, 0.25) is 0 Å². The molecule has 7 aliphatic rings. The molecule has 1 aromatic heterocycles. The van der Waals surface area contributed by atoms with Gasteiger partial charge in [0, 0.05) is 33.3 Å². The fourth-order valence-electron chi connectivity index (χ4n) is 11.0. The smallest absolute Gasteiger partial charge is 0.0903 e. The lowest BCUT2D eigenvalue weighted by Crippen LogP contribution is -2.43.